The largest absolute Gasteiger partial charge is 0.247 e. The Bertz CT molecular complexity index is 110. The third-order valence-corrected chi connectivity index (χ3v) is 1.07. The van der Waals surface area contributed by atoms with Gasteiger partial charge in [-0.25, -0.2) is 4.79 Å². The summed E-state index contributed by atoms with van der Waals surface area (Å²) in [7, 11) is 0. The fourth-order valence-electron chi connectivity index (χ4n) is 0.156. The molecule has 0 fully saturated rings. The lowest BCUT2D eigenvalue weighted by atomic mass is 10.3. The fourth-order valence-corrected chi connectivity index (χ4v) is 0.467. The minimum absolute atomic E-state index is 0.0391. The van der Waals surface area contributed by atoms with Crippen molar-refractivity contribution in [3.63, 3.8) is 0 Å². The lowest BCUT2D eigenvalue weighted by molar-refractivity contribution is 0.566. The van der Waals surface area contributed by atoms with E-state index in [0.717, 1.165) is 0 Å². The van der Waals surface area contributed by atoms with Crippen molar-refractivity contribution in [2.75, 3.05) is 0 Å². The summed E-state index contributed by atoms with van der Waals surface area (Å²) >= 11 is 1.23. The third kappa shape index (κ3) is 5.73. The van der Waals surface area contributed by atoms with E-state index in [1.807, 2.05) is 20.8 Å². The van der Waals surface area contributed by atoms with E-state index in [2.05, 4.69) is 4.40 Å². The Hall–Kier alpha value is -0.270. The predicted octanol–water partition coefficient (Wildman–Crippen LogP) is 1.77. The van der Waals surface area contributed by atoms with Gasteiger partial charge in [0.1, 0.15) is 0 Å². The predicted molar refractivity (Wildman–Crippen MR) is 35.5 cm³/mol. The van der Waals surface area contributed by atoms with E-state index in [9.17, 15) is 4.79 Å². The maximum absolute atomic E-state index is 9.54. The normalized spacial score (nSPS) is 10.4. The lowest BCUT2D eigenvalue weighted by Gasteiger charge is -2.10. The summed E-state index contributed by atoms with van der Waals surface area (Å²) in [6.45, 7) is 5.95. The van der Waals surface area contributed by atoms with E-state index >= 15 is 0 Å². The second-order valence-electron chi connectivity index (χ2n) is 2.39. The van der Waals surface area contributed by atoms with E-state index < -0.39 is 0 Å². The average Bonchev–Trinajstić information content (AvgIpc) is 1.59. The zero-order valence-electron chi connectivity index (χ0n) is 5.26. The highest BCUT2D eigenvalue weighted by molar-refractivity contribution is 7.99. The SMILES string of the molecule is CC(C)(C)SN=C=O. The van der Waals surface area contributed by atoms with Gasteiger partial charge in [-0.1, -0.05) is 0 Å². The summed E-state index contributed by atoms with van der Waals surface area (Å²) < 4.78 is 3.39. The molecule has 0 aliphatic rings. The van der Waals surface area contributed by atoms with E-state index in [4.69, 9.17) is 0 Å². The Morgan fingerprint density at radius 3 is 2.12 bits per heavy atom. The van der Waals surface area contributed by atoms with Crippen molar-refractivity contribution in [3.8, 4) is 0 Å². The molecule has 0 aromatic rings. The zero-order valence-corrected chi connectivity index (χ0v) is 6.08. The number of nitrogens with zero attached hydrogens (tertiary/aromatic N) is 1. The molecule has 0 bridgehead atoms. The van der Waals surface area contributed by atoms with Crippen molar-refractivity contribution in [2.45, 2.75) is 25.5 Å². The molecular weight excluding hydrogens is 122 g/mol. The summed E-state index contributed by atoms with van der Waals surface area (Å²) in [5, 5.41) is 0. The van der Waals surface area contributed by atoms with Gasteiger partial charge in [0.05, 0.1) is 0 Å². The van der Waals surface area contributed by atoms with Gasteiger partial charge in [-0.15, -0.1) is 4.40 Å². The average molecular weight is 131 g/mol. The topological polar surface area (TPSA) is 29.4 Å². The van der Waals surface area contributed by atoms with Crippen LogP contribution in [0, 0.1) is 0 Å². The standard InChI is InChI=1S/C5H9NOS/c1-5(2,3)8-6-4-7/h1-3H3. The number of hydrogen-bond donors (Lipinski definition) is 0. The Labute approximate surface area is 53.5 Å². The molecule has 0 unspecified atom stereocenters. The molecular formula is C5H9NOS. The molecule has 0 heterocycles. The second-order valence-corrected chi connectivity index (χ2v) is 3.98. The van der Waals surface area contributed by atoms with Gasteiger partial charge in [0.2, 0.25) is 6.08 Å². The van der Waals surface area contributed by atoms with Crippen molar-refractivity contribution >= 4 is 18.0 Å². The first-order valence-electron chi connectivity index (χ1n) is 2.31. The summed E-state index contributed by atoms with van der Waals surface area (Å²) in [6, 6.07) is 0. The molecule has 46 valence electrons. The van der Waals surface area contributed by atoms with Crippen molar-refractivity contribution in [2.24, 2.45) is 4.40 Å². The van der Waals surface area contributed by atoms with Crippen LogP contribution in [-0.4, -0.2) is 10.8 Å². The molecule has 0 saturated heterocycles. The van der Waals surface area contributed by atoms with Gasteiger partial charge < -0.3 is 0 Å². The lowest BCUT2D eigenvalue weighted by Crippen LogP contribution is -2.04. The van der Waals surface area contributed by atoms with Crippen molar-refractivity contribution < 1.29 is 4.79 Å². The minimum atomic E-state index is 0.0391. The van der Waals surface area contributed by atoms with Gasteiger partial charge >= 0.3 is 0 Å². The summed E-state index contributed by atoms with van der Waals surface area (Å²) in [4.78, 5) is 9.54. The fraction of sp³-hybridized carbons (Fsp3) is 0.800. The van der Waals surface area contributed by atoms with E-state index in [0.29, 0.717) is 0 Å². The molecule has 0 aromatic heterocycles. The monoisotopic (exact) mass is 131 g/mol. The number of isocyanates is 1. The molecule has 0 aromatic carbocycles. The summed E-state index contributed by atoms with van der Waals surface area (Å²) in [6.07, 6.45) is 1.46. The summed E-state index contributed by atoms with van der Waals surface area (Å²) in [5.74, 6) is 0. The maximum Gasteiger partial charge on any atom is 0.247 e. The molecule has 0 amide bonds. The van der Waals surface area contributed by atoms with Crippen LogP contribution in [-0.2, 0) is 4.79 Å². The molecule has 0 rings (SSSR count). The van der Waals surface area contributed by atoms with E-state index in [1.165, 1.54) is 18.0 Å². The Morgan fingerprint density at radius 2 is 2.00 bits per heavy atom. The van der Waals surface area contributed by atoms with E-state index in [1.54, 1.807) is 0 Å². The van der Waals surface area contributed by atoms with Gasteiger partial charge in [0.15, 0.2) is 0 Å². The molecule has 0 aliphatic heterocycles. The first-order chi connectivity index (χ1) is 3.56. The Kier molecular flexibility index (Phi) is 2.80. The zero-order chi connectivity index (χ0) is 6.62. The maximum atomic E-state index is 9.54. The van der Waals surface area contributed by atoms with Crippen LogP contribution < -0.4 is 0 Å². The molecule has 0 N–H and O–H groups in total. The molecule has 8 heavy (non-hydrogen) atoms. The molecule has 0 radical (unpaired) electrons. The molecule has 0 saturated carbocycles. The van der Waals surface area contributed by atoms with Crippen LogP contribution in [0.4, 0.5) is 0 Å². The number of hydrogen-bond acceptors (Lipinski definition) is 3. The smallest absolute Gasteiger partial charge is 0.210 e. The highest BCUT2D eigenvalue weighted by Gasteiger charge is 2.08. The molecule has 0 aliphatic carbocycles. The van der Waals surface area contributed by atoms with Crippen LogP contribution >= 0.6 is 11.9 Å². The van der Waals surface area contributed by atoms with Crippen LogP contribution in [0.2, 0.25) is 0 Å². The van der Waals surface area contributed by atoms with Crippen molar-refractivity contribution in [1.29, 1.82) is 0 Å². The highest BCUT2D eigenvalue weighted by Crippen LogP contribution is 2.22. The van der Waals surface area contributed by atoms with Crippen LogP contribution in [0.1, 0.15) is 20.8 Å². The van der Waals surface area contributed by atoms with Crippen LogP contribution in [0.25, 0.3) is 0 Å². The third-order valence-electron chi connectivity index (χ3n) is 0.357. The van der Waals surface area contributed by atoms with Gasteiger partial charge in [-0.3, -0.25) is 0 Å². The Balaban J connectivity index is 3.55. The van der Waals surface area contributed by atoms with Crippen LogP contribution in [0.15, 0.2) is 4.40 Å². The first-order valence-corrected chi connectivity index (χ1v) is 3.09. The number of carbonyl (C=O) groups excluding carboxylic acids is 1. The minimum Gasteiger partial charge on any atom is -0.210 e. The molecule has 0 spiro atoms. The second kappa shape index (κ2) is 2.90. The van der Waals surface area contributed by atoms with Gasteiger partial charge in [0.25, 0.3) is 0 Å². The van der Waals surface area contributed by atoms with Gasteiger partial charge in [-0.2, -0.15) is 0 Å². The summed E-state index contributed by atoms with van der Waals surface area (Å²) in [5.41, 5.74) is 0. The highest BCUT2D eigenvalue weighted by atomic mass is 32.2. The van der Waals surface area contributed by atoms with Crippen LogP contribution in [0.5, 0.6) is 0 Å². The number of rotatable bonds is 1. The molecule has 0 atom stereocenters. The van der Waals surface area contributed by atoms with Crippen LogP contribution in [0.3, 0.4) is 0 Å². The Morgan fingerprint density at radius 1 is 1.50 bits per heavy atom. The van der Waals surface area contributed by atoms with E-state index in [-0.39, 0.29) is 4.75 Å². The van der Waals surface area contributed by atoms with Crippen molar-refractivity contribution in [3.05, 3.63) is 0 Å². The molecule has 3 heteroatoms. The van der Waals surface area contributed by atoms with Crippen molar-refractivity contribution in [1.82, 2.24) is 0 Å². The quantitative estimate of drug-likeness (QED) is 0.308. The first kappa shape index (κ1) is 7.73. The molecule has 2 nitrogen and oxygen atoms in total. The van der Waals surface area contributed by atoms with Gasteiger partial charge in [-0.05, 0) is 32.7 Å². The van der Waals surface area contributed by atoms with Gasteiger partial charge in [0, 0.05) is 4.75 Å².